The topological polar surface area (TPSA) is 75.1 Å². The molecule has 1 aliphatic rings. The smallest absolute Gasteiger partial charge is 0.354 e. The van der Waals surface area contributed by atoms with Gasteiger partial charge < -0.3 is 10.4 Å². The van der Waals surface area contributed by atoms with Crippen molar-refractivity contribution in [2.45, 2.75) is 25.4 Å². The van der Waals surface area contributed by atoms with Gasteiger partial charge in [0.05, 0.1) is 6.54 Å². The summed E-state index contributed by atoms with van der Waals surface area (Å²) in [5, 5.41) is 11.9. The summed E-state index contributed by atoms with van der Waals surface area (Å²) in [5.74, 6) is -0.475. The van der Waals surface area contributed by atoms with E-state index in [2.05, 4.69) is 15.3 Å². The summed E-state index contributed by atoms with van der Waals surface area (Å²) in [6, 6.07) is 1.97. The molecule has 1 heterocycles. The summed E-state index contributed by atoms with van der Waals surface area (Å²) in [5.41, 5.74) is 0.0487. The van der Waals surface area contributed by atoms with Crippen molar-refractivity contribution in [2.24, 2.45) is 0 Å². The van der Waals surface area contributed by atoms with Crippen molar-refractivity contribution in [1.29, 1.82) is 0 Å². The molecule has 0 unspecified atom stereocenters. The van der Waals surface area contributed by atoms with Crippen molar-refractivity contribution in [1.82, 2.24) is 15.3 Å². The second-order valence-corrected chi connectivity index (χ2v) is 3.32. The minimum absolute atomic E-state index is 0.0487. The van der Waals surface area contributed by atoms with E-state index in [0.29, 0.717) is 18.4 Å². The molecule has 0 aliphatic heterocycles. The van der Waals surface area contributed by atoms with E-state index in [4.69, 9.17) is 5.11 Å². The Balaban J connectivity index is 2.01. The van der Waals surface area contributed by atoms with Crippen LogP contribution in [0.2, 0.25) is 0 Å². The number of nitrogens with one attached hydrogen (secondary N) is 1. The summed E-state index contributed by atoms with van der Waals surface area (Å²) in [6.07, 6.45) is 3.86. The van der Waals surface area contributed by atoms with Gasteiger partial charge in [0, 0.05) is 12.2 Å². The Bertz CT molecular complexity index is 350. The third-order valence-electron chi connectivity index (χ3n) is 2.05. The van der Waals surface area contributed by atoms with Gasteiger partial charge in [0.25, 0.3) is 0 Å². The minimum atomic E-state index is -1.01. The van der Waals surface area contributed by atoms with Crippen molar-refractivity contribution < 1.29 is 9.90 Å². The van der Waals surface area contributed by atoms with Crippen molar-refractivity contribution in [3.63, 3.8) is 0 Å². The van der Waals surface area contributed by atoms with E-state index in [0.717, 1.165) is 0 Å². The van der Waals surface area contributed by atoms with Crippen LogP contribution in [0.1, 0.15) is 29.2 Å². The fourth-order valence-corrected chi connectivity index (χ4v) is 1.13. The van der Waals surface area contributed by atoms with E-state index in [-0.39, 0.29) is 5.69 Å². The minimum Gasteiger partial charge on any atom is -0.477 e. The lowest BCUT2D eigenvalue weighted by atomic mass is 10.4. The average molecular weight is 193 g/mol. The zero-order chi connectivity index (χ0) is 9.97. The van der Waals surface area contributed by atoms with Crippen molar-refractivity contribution >= 4 is 5.97 Å². The normalized spacial score (nSPS) is 15.4. The number of hydrogen-bond acceptors (Lipinski definition) is 4. The molecule has 1 aliphatic carbocycles. The molecule has 0 spiro atoms. The van der Waals surface area contributed by atoms with Gasteiger partial charge >= 0.3 is 5.97 Å². The number of carbonyl (C=O) groups is 1. The number of hydrogen-bond donors (Lipinski definition) is 2. The Morgan fingerprint density at radius 1 is 1.64 bits per heavy atom. The van der Waals surface area contributed by atoms with E-state index < -0.39 is 5.97 Å². The molecule has 1 aromatic heterocycles. The summed E-state index contributed by atoms with van der Waals surface area (Å²) < 4.78 is 0. The number of aromatic carboxylic acids is 1. The van der Waals surface area contributed by atoms with E-state index >= 15 is 0 Å². The number of carboxylic acids is 1. The van der Waals surface area contributed by atoms with Crippen LogP contribution in [0.3, 0.4) is 0 Å². The summed E-state index contributed by atoms with van der Waals surface area (Å²) in [7, 11) is 0. The molecule has 5 heteroatoms. The van der Waals surface area contributed by atoms with Gasteiger partial charge in [-0.05, 0) is 18.9 Å². The van der Waals surface area contributed by atoms with Gasteiger partial charge in [-0.2, -0.15) is 0 Å². The second-order valence-electron chi connectivity index (χ2n) is 3.32. The molecule has 5 nitrogen and oxygen atoms in total. The first-order valence-corrected chi connectivity index (χ1v) is 4.54. The van der Waals surface area contributed by atoms with Gasteiger partial charge in [-0.3, -0.25) is 0 Å². The van der Waals surface area contributed by atoms with Crippen LogP contribution in [-0.2, 0) is 6.54 Å². The zero-order valence-corrected chi connectivity index (χ0v) is 7.60. The predicted molar refractivity (Wildman–Crippen MR) is 48.9 cm³/mol. The van der Waals surface area contributed by atoms with E-state index in [1.807, 2.05) is 0 Å². The standard InChI is InChI=1S/C9H11N3O2/c13-9(14)7-3-4-10-8(12-7)5-11-6-1-2-6/h3-4,6,11H,1-2,5H2,(H,13,14). The molecule has 1 saturated carbocycles. The second kappa shape index (κ2) is 3.71. The molecule has 2 rings (SSSR count). The molecule has 1 aromatic rings. The lowest BCUT2D eigenvalue weighted by Crippen LogP contribution is -2.18. The van der Waals surface area contributed by atoms with Crippen LogP contribution in [0.15, 0.2) is 12.3 Å². The van der Waals surface area contributed by atoms with Crippen LogP contribution < -0.4 is 5.32 Å². The van der Waals surface area contributed by atoms with Gasteiger partial charge in [-0.1, -0.05) is 0 Å². The first-order chi connectivity index (χ1) is 6.75. The van der Waals surface area contributed by atoms with Crippen LogP contribution >= 0.6 is 0 Å². The molecule has 0 radical (unpaired) electrons. The summed E-state index contributed by atoms with van der Waals surface area (Å²) in [6.45, 7) is 0.547. The van der Waals surface area contributed by atoms with Crippen LogP contribution in [0.25, 0.3) is 0 Å². The average Bonchev–Trinajstić information content (AvgIpc) is 2.99. The van der Waals surface area contributed by atoms with Gasteiger partial charge in [0.1, 0.15) is 5.82 Å². The van der Waals surface area contributed by atoms with Gasteiger partial charge in [-0.25, -0.2) is 14.8 Å². The van der Waals surface area contributed by atoms with Gasteiger partial charge in [0.2, 0.25) is 0 Å². The molecular weight excluding hydrogens is 182 g/mol. The number of carboxylic acid groups (broad SMARTS) is 1. The molecule has 2 N–H and O–H groups in total. The Kier molecular flexibility index (Phi) is 2.41. The Morgan fingerprint density at radius 2 is 2.43 bits per heavy atom. The number of aromatic nitrogens is 2. The van der Waals surface area contributed by atoms with Crippen molar-refractivity contribution in [3.05, 3.63) is 23.8 Å². The molecule has 0 aromatic carbocycles. The highest BCUT2D eigenvalue weighted by Crippen LogP contribution is 2.18. The Morgan fingerprint density at radius 3 is 3.07 bits per heavy atom. The first-order valence-electron chi connectivity index (χ1n) is 4.54. The highest BCUT2D eigenvalue weighted by Gasteiger charge is 2.20. The fraction of sp³-hybridized carbons (Fsp3) is 0.444. The monoisotopic (exact) mass is 193 g/mol. The third kappa shape index (κ3) is 2.26. The lowest BCUT2D eigenvalue weighted by molar-refractivity contribution is 0.0690. The Labute approximate surface area is 81.2 Å². The number of rotatable bonds is 4. The zero-order valence-electron chi connectivity index (χ0n) is 7.60. The van der Waals surface area contributed by atoms with Crippen LogP contribution in [0, 0.1) is 0 Å². The largest absolute Gasteiger partial charge is 0.477 e. The molecular formula is C9H11N3O2. The lowest BCUT2D eigenvalue weighted by Gasteiger charge is -2.01. The Hall–Kier alpha value is -1.49. The maximum atomic E-state index is 10.6. The SMILES string of the molecule is O=C(O)c1ccnc(CNC2CC2)n1. The highest BCUT2D eigenvalue weighted by molar-refractivity contribution is 5.85. The van der Waals surface area contributed by atoms with Crippen LogP contribution in [0.5, 0.6) is 0 Å². The highest BCUT2D eigenvalue weighted by atomic mass is 16.4. The van der Waals surface area contributed by atoms with Gasteiger partial charge in [0.15, 0.2) is 5.69 Å². The molecule has 0 amide bonds. The fourth-order valence-electron chi connectivity index (χ4n) is 1.13. The van der Waals surface area contributed by atoms with E-state index in [9.17, 15) is 4.79 Å². The quantitative estimate of drug-likeness (QED) is 0.725. The van der Waals surface area contributed by atoms with Crippen LogP contribution in [-0.4, -0.2) is 27.1 Å². The van der Waals surface area contributed by atoms with Crippen molar-refractivity contribution in [2.75, 3.05) is 0 Å². The maximum absolute atomic E-state index is 10.6. The first kappa shape index (κ1) is 9.08. The molecule has 1 fully saturated rings. The molecule has 74 valence electrons. The van der Waals surface area contributed by atoms with E-state index in [1.165, 1.54) is 25.1 Å². The van der Waals surface area contributed by atoms with Crippen molar-refractivity contribution in [3.8, 4) is 0 Å². The molecule has 0 bridgehead atoms. The summed E-state index contributed by atoms with van der Waals surface area (Å²) in [4.78, 5) is 18.5. The molecule has 14 heavy (non-hydrogen) atoms. The summed E-state index contributed by atoms with van der Waals surface area (Å²) >= 11 is 0. The number of nitrogens with zero attached hydrogens (tertiary/aromatic N) is 2. The van der Waals surface area contributed by atoms with E-state index in [1.54, 1.807) is 0 Å². The maximum Gasteiger partial charge on any atom is 0.354 e. The van der Waals surface area contributed by atoms with Gasteiger partial charge in [-0.15, -0.1) is 0 Å². The predicted octanol–water partition coefficient (Wildman–Crippen LogP) is 0.427. The third-order valence-corrected chi connectivity index (χ3v) is 2.05. The van der Waals surface area contributed by atoms with Crippen LogP contribution in [0.4, 0.5) is 0 Å². The molecule has 0 atom stereocenters. The molecule has 0 saturated heterocycles.